The third kappa shape index (κ3) is 1.50. The molecule has 2 rings (SSSR count). The predicted octanol–water partition coefficient (Wildman–Crippen LogP) is 2.07. The SMILES string of the molecule is COc1ncccc1C(=O)C1CCC1. The van der Waals surface area contributed by atoms with Crippen LogP contribution in [0.4, 0.5) is 0 Å². The van der Waals surface area contributed by atoms with E-state index in [4.69, 9.17) is 4.74 Å². The summed E-state index contributed by atoms with van der Waals surface area (Å²) in [5.74, 6) is 0.832. The minimum absolute atomic E-state index is 0.182. The maximum absolute atomic E-state index is 11.9. The molecule has 1 aliphatic rings. The fourth-order valence-corrected chi connectivity index (χ4v) is 1.63. The molecule has 1 saturated carbocycles. The van der Waals surface area contributed by atoms with Crippen molar-refractivity contribution in [1.29, 1.82) is 0 Å². The van der Waals surface area contributed by atoms with Crippen LogP contribution in [0.3, 0.4) is 0 Å². The molecule has 0 N–H and O–H groups in total. The van der Waals surface area contributed by atoms with Crippen molar-refractivity contribution in [3.05, 3.63) is 23.9 Å². The Balaban J connectivity index is 2.25. The fraction of sp³-hybridized carbons (Fsp3) is 0.455. The molecule has 1 fully saturated rings. The Hall–Kier alpha value is -1.38. The molecule has 1 heterocycles. The van der Waals surface area contributed by atoms with Gasteiger partial charge in [-0.15, -0.1) is 0 Å². The van der Waals surface area contributed by atoms with E-state index in [0.29, 0.717) is 11.4 Å². The average Bonchev–Trinajstić information content (AvgIpc) is 2.15. The summed E-state index contributed by atoms with van der Waals surface area (Å²) in [6, 6.07) is 3.56. The van der Waals surface area contributed by atoms with Crippen LogP contribution < -0.4 is 4.74 Å². The number of ketones is 1. The van der Waals surface area contributed by atoms with Crippen LogP contribution in [-0.2, 0) is 0 Å². The van der Waals surface area contributed by atoms with Gasteiger partial charge >= 0.3 is 0 Å². The second-order valence-corrected chi connectivity index (χ2v) is 3.55. The van der Waals surface area contributed by atoms with Crippen LogP contribution in [0.15, 0.2) is 18.3 Å². The molecule has 0 aliphatic heterocycles. The van der Waals surface area contributed by atoms with Crippen molar-refractivity contribution in [2.45, 2.75) is 19.3 Å². The predicted molar refractivity (Wildman–Crippen MR) is 52.5 cm³/mol. The molecule has 1 aliphatic carbocycles. The molecule has 0 bridgehead atoms. The van der Waals surface area contributed by atoms with Gasteiger partial charge in [0.05, 0.1) is 12.7 Å². The number of methoxy groups -OCH3 is 1. The molecule has 0 spiro atoms. The Morgan fingerprint density at radius 3 is 2.93 bits per heavy atom. The quantitative estimate of drug-likeness (QED) is 0.686. The van der Waals surface area contributed by atoms with Gasteiger partial charge in [0.15, 0.2) is 5.78 Å². The van der Waals surface area contributed by atoms with E-state index >= 15 is 0 Å². The van der Waals surface area contributed by atoms with Crippen LogP contribution in [0.2, 0.25) is 0 Å². The summed E-state index contributed by atoms with van der Waals surface area (Å²) in [7, 11) is 1.54. The maximum atomic E-state index is 11.9. The van der Waals surface area contributed by atoms with Gasteiger partial charge in [-0.3, -0.25) is 4.79 Å². The summed E-state index contributed by atoms with van der Waals surface area (Å²) in [5, 5.41) is 0. The van der Waals surface area contributed by atoms with E-state index in [0.717, 1.165) is 12.8 Å². The zero-order chi connectivity index (χ0) is 9.97. The second kappa shape index (κ2) is 3.78. The van der Waals surface area contributed by atoms with Crippen molar-refractivity contribution in [1.82, 2.24) is 4.98 Å². The van der Waals surface area contributed by atoms with Gasteiger partial charge in [-0.05, 0) is 25.0 Å². The first-order valence-electron chi connectivity index (χ1n) is 4.86. The maximum Gasteiger partial charge on any atom is 0.224 e. The lowest BCUT2D eigenvalue weighted by atomic mass is 9.80. The summed E-state index contributed by atoms with van der Waals surface area (Å²) >= 11 is 0. The molecular weight excluding hydrogens is 178 g/mol. The highest BCUT2D eigenvalue weighted by atomic mass is 16.5. The van der Waals surface area contributed by atoms with Gasteiger partial charge in [0.1, 0.15) is 0 Å². The van der Waals surface area contributed by atoms with Gasteiger partial charge in [0.25, 0.3) is 0 Å². The van der Waals surface area contributed by atoms with Gasteiger partial charge in [-0.1, -0.05) is 6.42 Å². The molecule has 0 atom stereocenters. The third-order valence-corrected chi connectivity index (χ3v) is 2.71. The highest BCUT2D eigenvalue weighted by molar-refractivity contribution is 6.00. The van der Waals surface area contributed by atoms with Gasteiger partial charge in [-0.25, -0.2) is 4.98 Å². The second-order valence-electron chi connectivity index (χ2n) is 3.55. The average molecular weight is 191 g/mol. The van der Waals surface area contributed by atoms with Crippen LogP contribution in [0.25, 0.3) is 0 Å². The summed E-state index contributed by atoms with van der Waals surface area (Å²) in [4.78, 5) is 15.9. The summed E-state index contributed by atoms with van der Waals surface area (Å²) in [6.07, 6.45) is 4.82. The molecule has 14 heavy (non-hydrogen) atoms. The van der Waals surface area contributed by atoms with Crippen molar-refractivity contribution in [2.75, 3.05) is 7.11 Å². The summed E-state index contributed by atoms with van der Waals surface area (Å²) < 4.78 is 5.05. The highest BCUT2D eigenvalue weighted by Gasteiger charge is 2.28. The molecule has 0 aromatic carbocycles. The number of pyridine rings is 1. The molecule has 0 saturated heterocycles. The van der Waals surface area contributed by atoms with Gasteiger partial charge in [-0.2, -0.15) is 0 Å². The number of rotatable bonds is 3. The lowest BCUT2D eigenvalue weighted by molar-refractivity contribution is 0.0851. The molecular formula is C11H13NO2. The van der Waals surface area contributed by atoms with E-state index in [1.54, 1.807) is 25.4 Å². The molecule has 3 heteroatoms. The summed E-state index contributed by atoms with van der Waals surface area (Å²) in [6.45, 7) is 0. The van der Waals surface area contributed by atoms with E-state index < -0.39 is 0 Å². The Labute approximate surface area is 83.1 Å². The number of nitrogens with zero attached hydrogens (tertiary/aromatic N) is 1. The van der Waals surface area contributed by atoms with Crippen LogP contribution >= 0.6 is 0 Å². The monoisotopic (exact) mass is 191 g/mol. The molecule has 74 valence electrons. The molecule has 0 amide bonds. The fourth-order valence-electron chi connectivity index (χ4n) is 1.63. The van der Waals surface area contributed by atoms with Gasteiger partial charge in [0, 0.05) is 12.1 Å². The third-order valence-electron chi connectivity index (χ3n) is 2.71. The van der Waals surface area contributed by atoms with E-state index in [-0.39, 0.29) is 11.7 Å². The van der Waals surface area contributed by atoms with Crippen molar-refractivity contribution >= 4 is 5.78 Å². The number of aromatic nitrogens is 1. The first kappa shape index (κ1) is 9.19. The van der Waals surface area contributed by atoms with Crippen molar-refractivity contribution in [3.63, 3.8) is 0 Å². The topological polar surface area (TPSA) is 39.2 Å². The van der Waals surface area contributed by atoms with Crippen LogP contribution in [0.1, 0.15) is 29.6 Å². The van der Waals surface area contributed by atoms with E-state index in [1.807, 2.05) is 0 Å². The summed E-state index contributed by atoms with van der Waals surface area (Å²) in [5.41, 5.74) is 0.625. The van der Waals surface area contributed by atoms with Crippen molar-refractivity contribution < 1.29 is 9.53 Å². The van der Waals surface area contributed by atoms with Gasteiger partial charge < -0.3 is 4.74 Å². The number of carbonyl (C=O) groups excluding carboxylic acids is 1. The number of carbonyl (C=O) groups is 1. The minimum atomic E-state index is 0.182. The molecule has 3 nitrogen and oxygen atoms in total. The number of Topliss-reactive ketones (excluding diaryl/α,β-unsaturated/α-hetero) is 1. The van der Waals surface area contributed by atoms with Crippen LogP contribution in [-0.4, -0.2) is 17.9 Å². The lowest BCUT2D eigenvalue weighted by Gasteiger charge is -2.24. The van der Waals surface area contributed by atoms with Crippen LogP contribution in [0, 0.1) is 5.92 Å². The Morgan fingerprint density at radius 2 is 2.36 bits per heavy atom. The first-order valence-corrected chi connectivity index (χ1v) is 4.86. The van der Waals surface area contributed by atoms with Crippen molar-refractivity contribution in [2.24, 2.45) is 5.92 Å². The standard InChI is InChI=1S/C11H13NO2/c1-14-11-9(6-3-7-12-11)10(13)8-4-2-5-8/h3,6-8H,2,4-5H2,1H3. The van der Waals surface area contributed by atoms with E-state index in [1.165, 1.54) is 6.42 Å². The first-order chi connectivity index (χ1) is 6.83. The molecule has 0 radical (unpaired) electrons. The Bertz CT molecular complexity index is 345. The number of ether oxygens (including phenoxy) is 1. The Morgan fingerprint density at radius 1 is 1.57 bits per heavy atom. The number of hydrogen-bond donors (Lipinski definition) is 0. The number of hydrogen-bond acceptors (Lipinski definition) is 3. The largest absolute Gasteiger partial charge is 0.480 e. The molecule has 1 aromatic rings. The molecule has 1 aromatic heterocycles. The lowest BCUT2D eigenvalue weighted by Crippen LogP contribution is -2.22. The Kier molecular flexibility index (Phi) is 2.48. The smallest absolute Gasteiger partial charge is 0.224 e. The minimum Gasteiger partial charge on any atom is -0.480 e. The van der Waals surface area contributed by atoms with E-state index in [2.05, 4.69) is 4.98 Å². The zero-order valence-electron chi connectivity index (χ0n) is 8.19. The van der Waals surface area contributed by atoms with Crippen molar-refractivity contribution in [3.8, 4) is 5.88 Å². The highest BCUT2D eigenvalue weighted by Crippen LogP contribution is 2.31. The zero-order valence-corrected chi connectivity index (χ0v) is 8.19. The molecule has 0 unspecified atom stereocenters. The van der Waals surface area contributed by atoms with Crippen LogP contribution in [0.5, 0.6) is 5.88 Å². The van der Waals surface area contributed by atoms with Gasteiger partial charge in [0.2, 0.25) is 5.88 Å². The normalized spacial score (nSPS) is 16.1. The van der Waals surface area contributed by atoms with E-state index in [9.17, 15) is 4.79 Å².